The fourth-order valence-electron chi connectivity index (χ4n) is 0.918. The molecule has 0 aromatic rings. The Balaban J connectivity index is 2.32. The predicted molar refractivity (Wildman–Crippen MR) is 40.9 cm³/mol. The van der Waals surface area contributed by atoms with Crippen molar-refractivity contribution in [2.24, 2.45) is 5.92 Å². The van der Waals surface area contributed by atoms with Crippen molar-refractivity contribution in [1.82, 2.24) is 0 Å². The molecule has 0 bridgehead atoms. The molecule has 1 rings (SSSR count). The van der Waals surface area contributed by atoms with Crippen LogP contribution in [0.15, 0.2) is 0 Å². The Morgan fingerprint density at radius 2 is 2.22 bits per heavy atom. The lowest BCUT2D eigenvalue weighted by molar-refractivity contribution is -0.112. The molecule has 0 radical (unpaired) electrons. The van der Waals surface area contributed by atoms with Gasteiger partial charge in [0.25, 0.3) is 0 Å². The first-order valence-corrected chi connectivity index (χ1v) is 4.34. The zero-order valence-electron chi connectivity index (χ0n) is 4.94. The van der Waals surface area contributed by atoms with Gasteiger partial charge in [-0.15, -0.1) is 0 Å². The minimum Gasteiger partial charge on any atom is -0.280 e. The topological polar surface area (TPSA) is 17.1 Å². The molecule has 1 unspecified atom stereocenters. The lowest BCUT2D eigenvalue weighted by Crippen LogP contribution is -2.26. The first-order valence-electron chi connectivity index (χ1n) is 3.05. The third-order valence-corrected chi connectivity index (χ3v) is 3.44. The summed E-state index contributed by atoms with van der Waals surface area (Å²) in [6.07, 6.45) is 3.54. The van der Waals surface area contributed by atoms with Crippen molar-refractivity contribution < 1.29 is 4.79 Å². The molecule has 0 aromatic heterocycles. The maximum atomic E-state index is 10.5. The van der Waals surface area contributed by atoms with E-state index in [9.17, 15) is 4.79 Å². The molecular weight excluding hydrogens is 203 g/mol. The van der Waals surface area contributed by atoms with Gasteiger partial charge in [0.15, 0.2) is 0 Å². The summed E-state index contributed by atoms with van der Waals surface area (Å²) in [6.45, 7) is 0. The Kier molecular flexibility index (Phi) is 2.53. The molecule has 0 aliphatic heterocycles. The molecule has 0 heterocycles. The molecule has 0 N–H and O–H groups in total. The van der Waals surface area contributed by atoms with Crippen LogP contribution in [-0.2, 0) is 4.79 Å². The molecule has 52 valence electrons. The van der Waals surface area contributed by atoms with Gasteiger partial charge in [0.1, 0.15) is 0 Å². The van der Waals surface area contributed by atoms with E-state index in [0.29, 0.717) is 5.92 Å². The molecule has 1 saturated carbocycles. The monoisotopic (exact) mass is 210 g/mol. The maximum absolute atomic E-state index is 10.5. The van der Waals surface area contributed by atoms with E-state index in [1.165, 1.54) is 6.42 Å². The summed E-state index contributed by atoms with van der Waals surface area (Å²) in [6, 6.07) is 0. The van der Waals surface area contributed by atoms with Gasteiger partial charge in [-0.05, 0) is 30.4 Å². The molecule has 0 saturated heterocycles. The zero-order valence-corrected chi connectivity index (χ0v) is 7.28. The fourth-order valence-corrected chi connectivity index (χ4v) is 1.62. The number of carbonyl (C=O) groups excluding carboxylic acids is 1. The van der Waals surface area contributed by atoms with Crippen LogP contribution in [0.2, 0.25) is 0 Å². The van der Waals surface area contributed by atoms with Crippen LogP contribution >= 0.6 is 27.5 Å². The second-order valence-corrected chi connectivity index (χ2v) is 3.76. The highest BCUT2D eigenvalue weighted by atomic mass is 79.9. The average Bonchev–Trinajstić information content (AvgIpc) is 1.60. The summed E-state index contributed by atoms with van der Waals surface area (Å²) in [5, 5.41) is -0.250. The number of carbonyl (C=O) groups is 1. The number of hydrogen-bond donors (Lipinski definition) is 0. The van der Waals surface area contributed by atoms with E-state index in [0.717, 1.165) is 12.8 Å². The Morgan fingerprint density at radius 1 is 1.67 bits per heavy atom. The van der Waals surface area contributed by atoms with Gasteiger partial charge in [-0.1, -0.05) is 22.4 Å². The highest BCUT2D eigenvalue weighted by Gasteiger charge is 2.28. The van der Waals surface area contributed by atoms with Crippen LogP contribution in [0.5, 0.6) is 0 Å². The average molecular weight is 211 g/mol. The van der Waals surface area contributed by atoms with Crippen LogP contribution < -0.4 is 0 Å². The number of rotatable bonds is 2. The number of hydrogen-bond acceptors (Lipinski definition) is 1. The van der Waals surface area contributed by atoms with Crippen LogP contribution in [0.4, 0.5) is 0 Å². The molecule has 0 aromatic carbocycles. The highest BCUT2D eigenvalue weighted by molar-refractivity contribution is 9.10. The quantitative estimate of drug-likeness (QED) is 0.506. The smallest absolute Gasteiger partial charge is 0.235 e. The molecule has 0 spiro atoms. The Labute approximate surface area is 67.9 Å². The lowest BCUT2D eigenvalue weighted by Gasteiger charge is -2.27. The van der Waals surface area contributed by atoms with E-state index in [-0.39, 0.29) is 10.1 Å². The molecule has 1 aliphatic rings. The van der Waals surface area contributed by atoms with Crippen molar-refractivity contribution in [1.29, 1.82) is 0 Å². The summed E-state index contributed by atoms with van der Waals surface area (Å²) in [5.41, 5.74) is 0. The molecule has 3 heteroatoms. The molecule has 1 nitrogen and oxygen atoms in total. The lowest BCUT2D eigenvalue weighted by atomic mass is 9.83. The van der Waals surface area contributed by atoms with Gasteiger partial charge in [0, 0.05) is 0 Å². The van der Waals surface area contributed by atoms with Gasteiger partial charge in [-0.25, -0.2) is 0 Å². The van der Waals surface area contributed by atoms with E-state index in [1.807, 2.05) is 0 Å². The largest absolute Gasteiger partial charge is 0.280 e. The predicted octanol–water partition coefficient (Wildman–Crippen LogP) is 2.32. The number of halogens is 2. The zero-order chi connectivity index (χ0) is 6.85. The SMILES string of the molecule is O=C(Cl)C(Br)C1CCC1. The third-order valence-electron chi connectivity index (χ3n) is 1.78. The highest BCUT2D eigenvalue weighted by Crippen LogP contribution is 2.34. The van der Waals surface area contributed by atoms with E-state index in [2.05, 4.69) is 15.9 Å². The third kappa shape index (κ3) is 1.68. The van der Waals surface area contributed by atoms with Gasteiger partial charge >= 0.3 is 0 Å². The molecule has 0 amide bonds. The van der Waals surface area contributed by atoms with Gasteiger partial charge in [-0.2, -0.15) is 0 Å². The second-order valence-electron chi connectivity index (χ2n) is 2.40. The molecule has 9 heavy (non-hydrogen) atoms. The van der Waals surface area contributed by atoms with Crippen molar-refractivity contribution in [3.05, 3.63) is 0 Å². The summed E-state index contributed by atoms with van der Waals surface area (Å²) in [5.74, 6) is 0.509. The molecule has 1 atom stereocenters. The normalized spacial score (nSPS) is 22.9. The van der Waals surface area contributed by atoms with Crippen molar-refractivity contribution >= 4 is 32.8 Å². The molecule has 1 fully saturated rings. The van der Waals surface area contributed by atoms with Crippen LogP contribution in [0.1, 0.15) is 19.3 Å². The van der Waals surface area contributed by atoms with Crippen molar-refractivity contribution in [3.63, 3.8) is 0 Å². The fraction of sp³-hybridized carbons (Fsp3) is 0.833. The van der Waals surface area contributed by atoms with E-state index in [4.69, 9.17) is 11.6 Å². The Hall–Kier alpha value is 0.440. The summed E-state index contributed by atoms with van der Waals surface area (Å²) >= 11 is 8.49. The number of alkyl halides is 1. The van der Waals surface area contributed by atoms with Crippen LogP contribution in [0.3, 0.4) is 0 Å². The summed E-state index contributed by atoms with van der Waals surface area (Å²) in [4.78, 5) is 10.4. The van der Waals surface area contributed by atoms with Crippen LogP contribution in [-0.4, -0.2) is 10.1 Å². The summed E-state index contributed by atoms with van der Waals surface area (Å²) < 4.78 is 0. The van der Waals surface area contributed by atoms with E-state index in [1.54, 1.807) is 0 Å². The summed E-state index contributed by atoms with van der Waals surface area (Å²) in [7, 11) is 0. The minimum absolute atomic E-state index is 0.0899. The van der Waals surface area contributed by atoms with Gasteiger partial charge in [0.2, 0.25) is 5.24 Å². The maximum Gasteiger partial charge on any atom is 0.235 e. The van der Waals surface area contributed by atoms with E-state index >= 15 is 0 Å². The van der Waals surface area contributed by atoms with Crippen molar-refractivity contribution in [2.45, 2.75) is 24.1 Å². The van der Waals surface area contributed by atoms with E-state index < -0.39 is 0 Å². The van der Waals surface area contributed by atoms with Crippen molar-refractivity contribution in [3.8, 4) is 0 Å². The molecular formula is C6H8BrClO. The Morgan fingerprint density at radius 3 is 2.33 bits per heavy atom. The van der Waals surface area contributed by atoms with Gasteiger partial charge in [-0.3, -0.25) is 4.79 Å². The van der Waals surface area contributed by atoms with Crippen molar-refractivity contribution in [2.75, 3.05) is 0 Å². The second kappa shape index (κ2) is 3.02. The minimum atomic E-state index is -0.250. The van der Waals surface area contributed by atoms with Crippen LogP contribution in [0.25, 0.3) is 0 Å². The van der Waals surface area contributed by atoms with Gasteiger partial charge < -0.3 is 0 Å². The molecule has 1 aliphatic carbocycles. The Bertz CT molecular complexity index is 122. The van der Waals surface area contributed by atoms with Crippen LogP contribution in [0, 0.1) is 5.92 Å². The van der Waals surface area contributed by atoms with Gasteiger partial charge in [0.05, 0.1) is 4.83 Å². The first-order chi connectivity index (χ1) is 4.22. The first kappa shape index (κ1) is 7.55. The standard InChI is InChI=1S/C6H8BrClO/c7-5(6(8)9)4-2-1-3-4/h4-5H,1-3H2.